The Morgan fingerprint density at radius 2 is 1.84 bits per heavy atom. The van der Waals surface area contributed by atoms with Gasteiger partial charge in [0.25, 0.3) is 0 Å². The minimum absolute atomic E-state index is 0.0496. The van der Waals surface area contributed by atoms with Crippen molar-refractivity contribution in [2.24, 2.45) is 0 Å². The maximum Gasteiger partial charge on any atom is 0.233 e. The second-order valence-electron chi connectivity index (χ2n) is 9.14. The van der Waals surface area contributed by atoms with Crippen molar-refractivity contribution in [3.8, 4) is 0 Å². The number of aryl methyl sites for hydroxylation is 3. The molecule has 2 unspecified atom stereocenters. The van der Waals surface area contributed by atoms with Gasteiger partial charge < -0.3 is 0 Å². The largest absolute Gasteiger partial charge is 0.274 e. The lowest BCUT2D eigenvalue weighted by Crippen LogP contribution is -2.27. The number of carbonyl (C=O) groups is 1. The van der Waals surface area contributed by atoms with Gasteiger partial charge in [0, 0.05) is 24.9 Å². The van der Waals surface area contributed by atoms with Gasteiger partial charge in [-0.05, 0) is 72.2 Å². The topological polar surface area (TPSA) is 75.2 Å². The summed E-state index contributed by atoms with van der Waals surface area (Å²) in [6, 6.07) is 23.9. The Bertz CT molecular complexity index is 1380. The summed E-state index contributed by atoms with van der Waals surface area (Å²) in [5.41, 5.74) is 5.35. The summed E-state index contributed by atoms with van der Waals surface area (Å²) in [7, 11) is -1.33. The van der Waals surface area contributed by atoms with Crippen LogP contribution >= 0.6 is 0 Å². The highest BCUT2D eigenvalue weighted by atomic mass is 32.2. The van der Waals surface area contributed by atoms with Gasteiger partial charge in [-0.1, -0.05) is 55.5 Å². The Labute approximate surface area is 220 Å². The molecule has 1 aliphatic carbocycles. The number of fused-ring (bicyclic) bond motifs is 1. The number of carbonyl (C=O) groups excluding carboxylic acids is 1. The monoisotopic (exact) mass is 510 g/mol. The number of aromatic nitrogens is 2. The molecular formula is C30H30N4O2S. The zero-order chi connectivity index (χ0) is 25.6. The highest BCUT2D eigenvalue weighted by Gasteiger charge is 2.27. The fourth-order valence-corrected chi connectivity index (χ4v) is 5.74. The first kappa shape index (κ1) is 25.0. The Kier molecular flexibility index (Phi) is 7.82. The van der Waals surface area contributed by atoms with Crippen LogP contribution in [0.15, 0.2) is 96.3 Å². The van der Waals surface area contributed by atoms with Gasteiger partial charge in [-0.2, -0.15) is 0 Å². The molecule has 1 aromatic heterocycles. The van der Waals surface area contributed by atoms with Crippen LogP contribution in [0.3, 0.4) is 0 Å². The standard InChI is InChI=1S/C30H30N4O2S/c1-2-22-8-14-26(15-9-22)37(36)33-28-16-12-24-11-13-25(20-27(24)28)34(29-21-31-18-19-32-29)30(35)17-10-23-6-4-3-5-7-23/h3-9,11,13-15,18-21,28,33H,2,10,12,16-17H2,1H3. The van der Waals surface area contributed by atoms with Crippen LogP contribution in [0.2, 0.25) is 0 Å². The lowest BCUT2D eigenvalue weighted by Gasteiger charge is -2.23. The van der Waals surface area contributed by atoms with Gasteiger partial charge in [-0.15, -0.1) is 0 Å². The van der Waals surface area contributed by atoms with Crippen molar-refractivity contribution in [1.82, 2.24) is 14.7 Å². The number of nitrogens with one attached hydrogen (secondary N) is 1. The van der Waals surface area contributed by atoms with E-state index >= 15 is 0 Å². The van der Waals surface area contributed by atoms with Crippen molar-refractivity contribution in [2.45, 2.75) is 50.0 Å². The number of rotatable bonds is 9. The lowest BCUT2D eigenvalue weighted by molar-refractivity contribution is -0.117. The van der Waals surface area contributed by atoms with E-state index in [-0.39, 0.29) is 11.9 Å². The van der Waals surface area contributed by atoms with Gasteiger partial charge >= 0.3 is 0 Å². The molecule has 5 rings (SSSR count). The van der Waals surface area contributed by atoms with E-state index in [0.29, 0.717) is 18.7 Å². The van der Waals surface area contributed by atoms with Crippen LogP contribution in [0.5, 0.6) is 0 Å². The van der Waals surface area contributed by atoms with Gasteiger partial charge in [-0.25, -0.2) is 13.9 Å². The van der Waals surface area contributed by atoms with Crippen molar-refractivity contribution in [3.05, 3.63) is 114 Å². The first-order valence-electron chi connectivity index (χ1n) is 12.6. The minimum Gasteiger partial charge on any atom is -0.274 e. The Morgan fingerprint density at radius 3 is 2.57 bits per heavy atom. The van der Waals surface area contributed by atoms with E-state index in [1.807, 2.05) is 66.7 Å². The number of hydrogen-bond acceptors (Lipinski definition) is 4. The average Bonchev–Trinajstić information content (AvgIpc) is 3.35. The van der Waals surface area contributed by atoms with E-state index in [1.165, 1.54) is 11.1 Å². The quantitative estimate of drug-likeness (QED) is 0.316. The van der Waals surface area contributed by atoms with Crippen LogP contribution in [-0.4, -0.2) is 20.1 Å². The summed E-state index contributed by atoms with van der Waals surface area (Å²) in [6.45, 7) is 2.11. The number of hydrogen-bond donors (Lipinski definition) is 1. The molecular weight excluding hydrogens is 480 g/mol. The van der Waals surface area contributed by atoms with E-state index in [1.54, 1.807) is 23.5 Å². The van der Waals surface area contributed by atoms with Crippen LogP contribution in [0.25, 0.3) is 0 Å². The molecule has 1 N–H and O–H groups in total. The predicted octanol–water partition coefficient (Wildman–Crippen LogP) is 5.64. The summed E-state index contributed by atoms with van der Waals surface area (Å²) in [4.78, 5) is 24.5. The third-order valence-electron chi connectivity index (χ3n) is 6.76. The van der Waals surface area contributed by atoms with E-state index in [0.717, 1.165) is 41.0 Å². The Balaban J connectivity index is 1.39. The van der Waals surface area contributed by atoms with Gasteiger partial charge in [0.05, 0.1) is 16.8 Å². The second kappa shape index (κ2) is 11.6. The smallest absolute Gasteiger partial charge is 0.233 e. The fourth-order valence-electron chi connectivity index (χ4n) is 4.72. The first-order chi connectivity index (χ1) is 18.1. The molecule has 0 aliphatic heterocycles. The SMILES string of the molecule is CCc1ccc(S(=O)NC2CCc3ccc(N(C(=O)CCc4ccccc4)c4cnccn4)cc32)cc1. The zero-order valence-electron chi connectivity index (χ0n) is 20.8. The molecule has 0 saturated heterocycles. The molecule has 0 bridgehead atoms. The molecule has 0 fully saturated rings. The summed E-state index contributed by atoms with van der Waals surface area (Å²) in [5.74, 6) is 0.439. The molecule has 0 spiro atoms. The van der Waals surface area contributed by atoms with Gasteiger partial charge in [0.1, 0.15) is 11.0 Å². The van der Waals surface area contributed by atoms with E-state index < -0.39 is 11.0 Å². The summed E-state index contributed by atoms with van der Waals surface area (Å²) in [6.07, 6.45) is 8.48. The Hall–Kier alpha value is -3.68. The first-order valence-corrected chi connectivity index (χ1v) is 13.8. The zero-order valence-corrected chi connectivity index (χ0v) is 21.7. The van der Waals surface area contributed by atoms with Gasteiger partial charge in [-0.3, -0.25) is 14.7 Å². The van der Waals surface area contributed by atoms with Crippen molar-refractivity contribution in [3.63, 3.8) is 0 Å². The average molecular weight is 511 g/mol. The molecule has 2 atom stereocenters. The van der Waals surface area contributed by atoms with Crippen LogP contribution in [0.1, 0.15) is 48.1 Å². The maximum absolute atomic E-state index is 13.5. The molecule has 7 heteroatoms. The molecule has 4 aromatic rings. The minimum atomic E-state index is -1.33. The third kappa shape index (κ3) is 5.84. The van der Waals surface area contributed by atoms with Crippen LogP contribution < -0.4 is 9.62 Å². The molecule has 0 radical (unpaired) electrons. The van der Waals surface area contributed by atoms with E-state index in [4.69, 9.17) is 0 Å². The predicted molar refractivity (Wildman–Crippen MR) is 147 cm³/mol. The highest BCUT2D eigenvalue weighted by molar-refractivity contribution is 7.83. The molecule has 1 amide bonds. The highest BCUT2D eigenvalue weighted by Crippen LogP contribution is 2.36. The lowest BCUT2D eigenvalue weighted by atomic mass is 10.1. The molecule has 37 heavy (non-hydrogen) atoms. The van der Waals surface area contributed by atoms with E-state index in [2.05, 4.69) is 27.7 Å². The molecule has 188 valence electrons. The van der Waals surface area contributed by atoms with Crippen molar-refractivity contribution in [2.75, 3.05) is 4.90 Å². The molecule has 3 aromatic carbocycles. The van der Waals surface area contributed by atoms with E-state index in [9.17, 15) is 9.00 Å². The maximum atomic E-state index is 13.5. The van der Waals surface area contributed by atoms with Crippen LogP contribution in [0.4, 0.5) is 11.5 Å². The molecule has 1 aliphatic rings. The molecule has 6 nitrogen and oxygen atoms in total. The summed E-state index contributed by atoms with van der Waals surface area (Å²) < 4.78 is 16.4. The third-order valence-corrected chi connectivity index (χ3v) is 7.96. The number of anilines is 2. The molecule has 0 saturated carbocycles. The van der Waals surface area contributed by atoms with Crippen LogP contribution in [-0.2, 0) is 35.0 Å². The van der Waals surface area contributed by atoms with Crippen LogP contribution in [0, 0.1) is 0 Å². The fraction of sp³-hybridized carbons (Fsp3) is 0.233. The number of benzene rings is 3. The van der Waals surface area contributed by atoms with Crippen molar-refractivity contribution in [1.29, 1.82) is 0 Å². The number of amides is 1. The van der Waals surface area contributed by atoms with Gasteiger partial charge in [0.2, 0.25) is 5.91 Å². The Morgan fingerprint density at radius 1 is 1.03 bits per heavy atom. The molecule has 1 heterocycles. The second-order valence-corrected chi connectivity index (χ2v) is 10.4. The van der Waals surface area contributed by atoms with Crippen molar-refractivity contribution < 1.29 is 9.00 Å². The van der Waals surface area contributed by atoms with Crippen molar-refractivity contribution >= 4 is 28.4 Å². The summed E-state index contributed by atoms with van der Waals surface area (Å²) in [5, 5.41) is 0. The normalized spacial score (nSPS) is 15.2. The summed E-state index contributed by atoms with van der Waals surface area (Å²) >= 11 is 0. The van der Waals surface area contributed by atoms with Gasteiger partial charge in [0.15, 0.2) is 5.82 Å². The number of nitrogens with zero attached hydrogens (tertiary/aromatic N) is 3.